The summed E-state index contributed by atoms with van der Waals surface area (Å²) in [6, 6.07) is 0. The van der Waals surface area contributed by atoms with Gasteiger partial charge in [-0.25, -0.2) is 0 Å². The third kappa shape index (κ3) is 4.31. The van der Waals surface area contributed by atoms with Crippen molar-refractivity contribution in [3.05, 3.63) is 23.8 Å². The minimum absolute atomic E-state index is 0.899. The molecular weight excluding hydrogens is 156 g/mol. The molecule has 0 saturated carbocycles. The summed E-state index contributed by atoms with van der Waals surface area (Å²) in [6.07, 6.45) is 14.9. The van der Waals surface area contributed by atoms with E-state index in [9.17, 15) is 0 Å². The topological polar surface area (TPSA) is 0 Å². The fraction of sp³-hybridized carbons (Fsp3) is 0.692. The normalized spacial score (nSPS) is 23.5. The van der Waals surface area contributed by atoms with Crippen LogP contribution in [0.25, 0.3) is 0 Å². The van der Waals surface area contributed by atoms with Crippen LogP contribution in [0.2, 0.25) is 0 Å². The highest BCUT2D eigenvalue weighted by atomic mass is 14.1. The Hall–Kier alpha value is -0.520. The monoisotopic (exact) mass is 178 g/mol. The molecule has 0 amide bonds. The van der Waals surface area contributed by atoms with Gasteiger partial charge in [0.1, 0.15) is 0 Å². The maximum Gasteiger partial charge on any atom is -0.0256 e. The van der Waals surface area contributed by atoms with Crippen LogP contribution in [0.5, 0.6) is 0 Å². The lowest BCUT2D eigenvalue weighted by Gasteiger charge is -2.16. The van der Waals surface area contributed by atoms with E-state index in [4.69, 9.17) is 0 Å². The van der Waals surface area contributed by atoms with Gasteiger partial charge in [0.15, 0.2) is 0 Å². The molecule has 1 atom stereocenters. The Morgan fingerprint density at radius 1 is 1.54 bits per heavy atom. The van der Waals surface area contributed by atoms with Crippen molar-refractivity contribution in [2.24, 2.45) is 5.92 Å². The first-order valence-electron chi connectivity index (χ1n) is 5.68. The molecule has 0 aromatic rings. The molecule has 0 radical (unpaired) electrons. The van der Waals surface area contributed by atoms with Crippen LogP contribution in [0.1, 0.15) is 52.4 Å². The fourth-order valence-electron chi connectivity index (χ4n) is 1.83. The smallest absolute Gasteiger partial charge is 0.0256 e. The van der Waals surface area contributed by atoms with Gasteiger partial charge in [0.2, 0.25) is 0 Å². The molecular formula is C13H22. The third-order valence-corrected chi connectivity index (χ3v) is 2.71. The molecule has 0 aliphatic heterocycles. The Morgan fingerprint density at radius 2 is 2.38 bits per heavy atom. The number of unbranched alkanes of at least 4 members (excludes halogenated alkanes) is 2. The van der Waals surface area contributed by atoms with Gasteiger partial charge in [-0.15, -0.1) is 0 Å². The van der Waals surface area contributed by atoms with E-state index < -0.39 is 0 Å². The molecule has 1 aliphatic rings. The summed E-state index contributed by atoms with van der Waals surface area (Å²) in [4.78, 5) is 0. The predicted octanol–water partition coefficient (Wildman–Crippen LogP) is 4.48. The summed E-state index contributed by atoms with van der Waals surface area (Å²) in [5, 5.41) is 0. The fourth-order valence-corrected chi connectivity index (χ4v) is 1.83. The Balaban J connectivity index is 2.27. The van der Waals surface area contributed by atoms with Crippen LogP contribution in [-0.2, 0) is 0 Å². The zero-order chi connectivity index (χ0) is 9.52. The number of rotatable bonds is 4. The second-order valence-corrected chi connectivity index (χ2v) is 4.21. The predicted molar refractivity (Wildman–Crippen MR) is 59.8 cm³/mol. The van der Waals surface area contributed by atoms with Gasteiger partial charge in [0.25, 0.3) is 0 Å². The molecule has 0 heteroatoms. The maximum absolute atomic E-state index is 2.41. The molecule has 1 unspecified atom stereocenters. The summed E-state index contributed by atoms with van der Waals surface area (Å²) in [7, 11) is 0. The molecule has 0 fully saturated rings. The average molecular weight is 178 g/mol. The number of hydrogen-bond donors (Lipinski definition) is 0. The molecule has 1 aliphatic carbocycles. The standard InChI is InChI=1S/C13H22/c1-3-4-5-6-9-13-10-7-8-12(2)11-13/h6,9-10,12H,3-5,7-8,11H2,1-2H3. The zero-order valence-electron chi connectivity index (χ0n) is 9.05. The van der Waals surface area contributed by atoms with Gasteiger partial charge in [0.05, 0.1) is 0 Å². The largest absolute Gasteiger partial charge is 0.0843 e. The molecule has 0 heterocycles. The van der Waals surface area contributed by atoms with Gasteiger partial charge in [-0.3, -0.25) is 0 Å². The Labute approximate surface area is 82.7 Å². The van der Waals surface area contributed by atoms with Crippen LogP contribution in [-0.4, -0.2) is 0 Å². The second-order valence-electron chi connectivity index (χ2n) is 4.21. The first kappa shape index (κ1) is 10.6. The first-order valence-corrected chi connectivity index (χ1v) is 5.68. The van der Waals surface area contributed by atoms with E-state index in [1.165, 1.54) is 38.5 Å². The van der Waals surface area contributed by atoms with Crippen molar-refractivity contribution in [3.8, 4) is 0 Å². The molecule has 0 saturated heterocycles. The van der Waals surface area contributed by atoms with E-state index in [1.807, 2.05) is 0 Å². The van der Waals surface area contributed by atoms with Crippen molar-refractivity contribution in [2.45, 2.75) is 52.4 Å². The molecule has 0 spiro atoms. The highest BCUT2D eigenvalue weighted by molar-refractivity contribution is 5.20. The molecule has 0 N–H and O–H groups in total. The van der Waals surface area contributed by atoms with Crippen molar-refractivity contribution in [3.63, 3.8) is 0 Å². The maximum atomic E-state index is 2.41. The van der Waals surface area contributed by atoms with Gasteiger partial charge in [-0.05, 0) is 31.6 Å². The van der Waals surface area contributed by atoms with Crippen LogP contribution < -0.4 is 0 Å². The molecule has 13 heavy (non-hydrogen) atoms. The van der Waals surface area contributed by atoms with Gasteiger partial charge < -0.3 is 0 Å². The molecule has 0 aromatic heterocycles. The van der Waals surface area contributed by atoms with E-state index in [2.05, 4.69) is 32.1 Å². The molecule has 1 rings (SSSR count). The van der Waals surface area contributed by atoms with Crippen LogP contribution >= 0.6 is 0 Å². The molecule has 74 valence electrons. The van der Waals surface area contributed by atoms with Crippen molar-refractivity contribution >= 4 is 0 Å². The lowest BCUT2D eigenvalue weighted by Crippen LogP contribution is -2.00. The van der Waals surface area contributed by atoms with Crippen molar-refractivity contribution in [2.75, 3.05) is 0 Å². The van der Waals surface area contributed by atoms with Crippen molar-refractivity contribution in [1.82, 2.24) is 0 Å². The van der Waals surface area contributed by atoms with Crippen LogP contribution in [0.3, 0.4) is 0 Å². The van der Waals surface area contributed by atoms with Gasteiger partial charge >= 0.3 is 0 Å². The summed E-state index contributed by atoms with van der Waals surface area (Å²) in [6.45, 7) is 4.60. The number of allylic oxidation sites excluding steroid dienone is 4. The minimum Gasteiger partial charge on any atom is -0.0843 e. The zero-order valence-corrected chi connectivity index (χ0v) is 9.05. The minimum atomic E-state index is 0.899. The molecule has 0 aromatic carbocycles. The average Bonchev–Trinajstić information content (AvgIpc) is 2.13. The summed E-state index contributed by atoms with van der Waals surface area (Å²) in [5.74, 6) is 0.899. The lowest BCUT2D eigenvalue weighted by molar-refractivity contribution is 0.515. The van der Waals surface area contributed by atoms with Crippen LogP contribution in [0, 0.1) is 5.92 Å². The van der Waals surface area contributed by atoms with E-state index in [1.54, 1.807) is 5.57 Å². The SMILES string of the molecule is CCCCC=CC1=CCCC(C)C1. The molecule has 0 bridgehead atoms. The van der Waals surface area contributed by atoms with Gasteiger partial charge in [0, 0.05) is 0 Å². The van der Waals surface area contributed by atoms with Crippen LogP contribution in [0.4, 0.5) is 0 Å². The van der Waals surface area contributed by atoms with Crippen molar-refractivity contribution in [1.29, 1.82) is 0 Å². The van der Waals surface area contributed by atoms with Gasteiger partial charge in [-0.2, -0.15) is 0 Å². The van der Waals surface area contributed by atoms with Gasteiger partial charge in [-0.1, -0.05) is 50.5 Å². The summed E-state index contributed by atoms with van der Waals surface area (Å²) >= 11 is 0. The quantitative estimate of drug-likeness (QED) is 0.557. The van der Waals surface area contributed by atoms with E-state index in [0.717, 1.165) is 5.92 Å². The first-order chi connectivity index (χ1) is 6.33. The Bertz CT molecular complexity index is 186. The van der Waals surface area contributed by atoms with E-state index in [-0.39, 0.29) is 0 Å². The lowest BCUT2D eigenvalue weighted by atomic mass is 9.90. The number of hydrogen-bond acceptors (Lipinski definition) is 0. The Kier molecular flexibility index (Phi) is 4.88. The van der Waals surface area contributed by atoms with E-state index >= 15 is 0 Å². The highest BCUT2D eigenvalue weighted by Gasteiger charge is 2.07. The third-order valence-electron chi connectivity index (χ3n) is 2.71. The highest BCUT2D eigenvalue weighted by Crippen LogP contribution is 2.24. The van der Waals surface area contributed by atoms with E-state index in [0.29, 0.717) is 0 Å². The van der Waals surface area contributed by atoms with Crippen LogP contribution in [0.15, 0.2) is 23.8 Å². The Morgan fingerprint density at radius 3 is 3.08 bits per heavy atom. The summed E-state index contributed by atoms with van der Waals surface area (Å²) < 4.78 is 0. The summed E-state index contributed by atoms with van der Waals surface area (Å²) in [5.41, 5.74) is 1.56. The van der Waals surface area contributed by atoms with Crippen molar-refractivity contribution < 1.29 is 0 Å². The second kappa shape index (κ2) is 6.01. The molecule has 0 nitrogen and oxygen atoms in total.